The van der Waals surface area contributed by atoms with Crippen LogP contribution in [0.1, 0.15) is 55.4 Å². The van der Waals surface area contributed by atoms with Crippen LogP contribution in [0.15, 0.2) is 0 Å². The highest BCUT2D eigenvalue weighted by Gasteiger charge is 2.58. The third kappa shape index (κ3) is 4.83. The fourth-order valence-corrected chi connectivity index (χ4v) is 4.28. The quantitative estimate of drug-likeness (QED) is 0.665. The van der Waals surface area contributed by atoms with Gasteiger partial charge < -0.3 is 28.4 Å². The highest BCUT2D eigenvalue weighted by Crippen LogP contribution is 2.41. The summed E-state index contributed by atoms with van der Waals surface area (Å²) in [5.74, 6) is -1.28. The summed E-state index contributed by atoms with van der Waals surface area (Å²) in [5, 5.41) is 0. The van der Waals surface area contributed by atoms with Gasteiger partial charge in [0.2, 0.25) is 0 Å². The maximum absolute atomic E-state index is 6.33. The zero-order valence-corrected chi connectivity index (χ0v) is 18.1. The number of hydrogen-bond acceptors (Lipinski definition) is 7. The van der Waals surface area contributed by atoms with Crippen LogP contribution in [-0.4, -0.2) is 79.0 Å². The molecule has 7 nitrogen and oxygen atoms in total. The molecule has 0 saturated carbocycles. The summed E-state index contributed by atoms with van der Waals surface area (Å²) in [5.41, 5.74) is 0. The number of hydrogen-bond donors (Lipinski definition) is 0. The minimum atomic E-state index is -0.671. The lowest BCUT2D eigenvalue weighted by Gasteiger charge is -2.32. The van der Waals surface area contributed by atoms with Crippen LogP contribution in [0.3, 0.4) is 0 Å². The summed E-state index contributed by atoms with van der Waals surface area (Å²) in [6, 6.07) is 0.934. The Morgan fingerprint density at radius 3 is 2.15 bits per heavy atom. The number of fused-ring (bicyclic) bond motifs is 1. The molecule has 27 heavy (non-hydrogen) atoms. The van der Waals surface area contributed by atoms with Crippen LogP contribution in [0.25, 0.3) is 0 Å². The Labute approximate surface area is 163 Å². The van der Waals surface area contributed by atoms with Crippen LogP contribution in [0, 0.1) is 0 Å². The molecule has 3 rings (SSSR count). The fourth-order valence-electron chi connectivity index (χ4n) is 4.28. The van der Waals surface area contributed by atoms with Crippen LogP contribution in [0.5, 0.6) is 0 Å². The monoisotopic (exact) mass is 387 g/mol. The average Bonchev–Trinajstić information content (AvgIpc) is 3.12. The van der Waals surface area contributed by atoms with E-state index in [1.165, 1.54) is 0 Å². The van der Waals surface area contributed by atoms with Crippen molar-refractivity contribution in [3.8, 4) is 0 Å². The Bertz CT molecular complexity index is 501. The predicted molar refractivity (Wildman–Crippen MR) is 100 cm³/mol. The highest BCUT2D eigenvalue weighted by molar-refractivity contribution is 4.98. The molecule has 0 amide bonds. The molecule has 0 aromatic heterocycles. The average molecular weight is 388 g/mol. The van der Waals surface area contributed by atoms with Crippen molar-refractivity contribution in [2.24, 2.45) is 0 Å². The van der Waals surface area contributed by atoms with Gasteiger partial charge in [-0.2, -0.15) is 0 Å². The Hall–Kier alpha value is -0.280. The van der Waals surface area contributed by atoms with E-state index in [1.807, 2.05) is 27.7 Å². The highest BCUT2D eigenvalue weighted by atomic mass is 16.8. The van der Waals surface area contributed by atoms with Crippen molar-refractivity contribution in [3.63, 3.8) is 0 Å². The van der Waals surface area contributed by atoms with Crippen LogP contribution >= 0.6 is 0 Å². The molecule has 0 bridgehead atoms. The van der Waals surface area contributed by atoms with E-state index >= 15 is 0 Å². The number of nitrogens with zero attached hydrogens (tertiary/aromatic N) is 1. The van der Waals surface area contributed by atoms with Crippen LogP contribution in [0.4, 0.5) is 0 Å². The van der Waals surface area contributed by atoms with Crippen molar-refractivity contribution in [2.45, 2.75) is 110 Å². The third-order valence-electron chi connectivity index (χ3n) is 5.41. The normalized spacial score (nSPS) is 37.7. The molecule has 3 saturated heterocycles. The minimum Gasteiger partial charge on any atom is -0.371 e. The Morgan fingerprint density at radius 1 is 0.926 bits per heavy atom. The van der Waals surface area contributed by atoms with Gasteiger partial charge in [-0.05, 0) is 55.4 Å². The summed E-state index contributed by atoms with van der Waals surface area (Å²) >= 11 is 0. The molecule has 3 aliphatic rings. The summed E-state index contributed by atoms with van der Waals surface area (Å²) in [7, 11) is 0. The van der Waals surface area contributed by atoms with Gasteiger partial charge in [-0.1, -0.05) is 0 Å². The molecule has 7 heteroatoms. The first-order valence-electron chi connectivity index (χ1n) is 10.2. The second-order valence-electron chi connectivity index (χ2n) is 9.20. The van der Waals surface area contributed by atoms with E-state index in [4.69, 9.17) is 28.4 Å². The Morgan fingerprint density at radius 2 is 1.59 bits per heavy atom. The molecule has 3 aliphatic heterocycles. The van der Waals surface area contributed by atoms with Crippen molar-refractivity contribution in [3.05, 3.63) is 0 Å². The second-order valence-corrected chi connectivity index (χ2v) is 9.20. The van der Waals surface area contributed by atoms with Gasteiger partial charge in [-0.15, -0.1) is 0 Å². The molecule has 0 radical (unpaired) electrons. The molecule has 0 aliphatic carbocycles. The summed E-state index contributed by atoms with van der Waals surface area (Å²) in [6.45, 7) is 18.4. The van der Waals surface area contributed by atoms with Crippen LogP contribution in [0.2, 0.25) is 0 Å². The lowest BCUT2D eigenvalue weighted by Crippen LogP contribution is -2.46. The summed E-state index contributed by atoms with van der Waals surface area (Å²) in [4.78, 5) is 2.41. The third-order valence-corrected chi connectivity index (χ3v) is 5.41. The van der Waals surface area contributed by atoms with Gasteiger partial charge in [0.15, 0.2) is 17.9 Å². The fraction of sp³-hybridized carbons (Fsp3) is 1.00. The van der Waals surface area contributed by atoms with Gasteiger partial charge in [0.05, 0.1) is 13.2 Å². The summed E-state index contributed by atoms with van der Waals surface area (Å²) < 4.78 is 36.3. The molecule has 2 unspecified atom stereocenters. The van der Waals surface area contributed by atoms with Crippen molar-refractivity contribution >= 4 is 0 Å². The second kappa shape index (κ2) is 7.86. The SMILES string of the molecule is CC(C)N(CCO[C@@H]1C2OC(C)(C)OC2O[C@@H]1[C@H]1COC(C)(C)O1)C(C)C. The first-order chi connectivity index (χ1) is 12.5. The Balaban J connectivity index is 1.66. The molecular formula is C20H37NO6. The lowest BCUT2D eigenvalue weighted by atomic mass is 10.1. The summed E-state index contributed by atoms with van der Waals surface area (Å²) in [6.07, 6.45) is -1.42. The zero-order valence-electron chi connectivity index (χ0n) is 18.1. The standard InChI is InChI=1S/C20H37NO6/c1-12(2)21(13(3)4)9-10-22-16-15(14-11-23-19(5,6)25-14)24-18-17(16)26-20(7,8)27-18/h12-18H,9-11H2,1-8H3/t14-,15-,16+,17?,18?/m1/s1. The molecule has 0 aromatic rings. The predicted octanol–water partition coefficient (Wildman–Crippen LogP) is 2.52. The van der Waals surface area contributed by atoms with Crippen molar-refractivity contribution in [1.82, 2.24) is 4.90 Å². The lowest BCUT2D eigenvalue weighted by molar-refractivity contribution is -0.236. The van der Waals surface area contributed by atoms with Gasteiger partial charge in [-0.3, -0.25) is 4.90 Å². The molecule has 158 valence electrons. The first kappa shape index (κ1) is 21.4. The largest absolute Gasteiger partial charge is 0.371 e. The van der Waals surface area contributed by atoms with Gasteiger partial charge >= 0.3 is 0 Å². The topological polar surface area (TPSA) is 58.6 Å². The van der Waals surface area contributed by atoms with Crippen LogP contribution in [-0.2, 0) is 28.4 Å². The number of rotatable bonds is 7. The van der Waals surface area contributed by atoms with Crippen molar-refractivity contribution in [2.75, 3.05) is 19.8 Å². The maximum atomic E-state index is 6.33. The van der Waals surface area contributed by atoms with Gasteiger partial charge in [-0.25, -0.2) is 0 Å². The van der Waals surface area contributed by atoms with E-state index in [0.29, 0.717) is 25.3 Å². The molecule has 0 aromatic carbocycles. The van der Waals surface area contributed by atoms with E-state index in [-0.39, 0.29) is 24.4 Å². The molecule has 3 fully saturated rings. The molecule has 0 spiro atoms. The van der Waals surface area contributed by atoms with E-state index in [0.717, 1.165) is 6.54 Å². The Kier molecular flexibility index (Phi) is 6.24. The molecule has 3 heterocycles. The zero-order chi connectivity index (χ0) is 20.0. The first-order valence-corrected chi connectivity index (χ1v) is 10.2. The van der Waals surface area contributed by atoms with E-state index in [9.17, 15) is 0 Å². The van der Waals surface area contributed by atoms with Gasteiger partial charge in [0.25, 0.3) is 0 Å². The van der Waals surface area contributed by atoms with Gasteiger partial charge in [0.1, 0.15) is 24.4 Å². The minimum absolute atomic E-state index is 0.197. The van der Waals surface area contributed by atoms with Crippen molar-refractivity contribution in [1.29, 1.82) is 0 Å². The van der Waals surface area contributed by atoms with Gasteiger partial charge in [0, 0.05) is 18.6 Å². The van der Waals surface area contributed by atoms with Crippen LogP contribution < -0.4 is 0 Å². The van der Waals surface area contributed by atoms with E-state index in [1.54, 1.807) is 0 Å². The van der Waals surface area contributed by atoms with Crippen molar-refractivity contribution < 1.29 is 28.4 Å². The smallest absolute Gasteiger partial charge is 0.190 e. The van der Waals surface area contributed by atoms with E-state index < -0.39 is 17.9 Å². The number of ether oxygens (including phenoxy) is 6. The molecule has 0 N–H and O–H groups in total. The maximum Gasteiger partial charge on any atom is 0.190 e. The molecular weight excluding hydrogens is 350 g/mol. The van der Waals surface area contributed by atoms with E-state index in [2.05, 4.69) is 32.6 Å². The molecule has 5 atom stereocenters.